The van der Waals surface area contributed by atoms with E-state index in [4.69, 9.17) is 0 Å². The fourth-order valence-corrected chi connectivity index (χ4v) is 3.55. The third-order valence-corrected chi connectivity index (χ3v) is 4.96. The second-order valence-electron chi connectivity index (χ2n) is 4.19. The predicted molar refractivity (Wildman–Crippen MR) is 79.2 cm³/mol. The van der Waals surface area contributed by atoms with Crippen LogP contribution in [0.25, 0.3) is 10.2 Å². The summed E-state index contributed by atoms with van der Waals surface area (Å²) in [6.07, 6.45) is 0. The maximum Gasteiger partial charge on any atom is 0.108 e. The Balaban J connectivity index is 1.69. The van der Waals surface area contributed by atoms with Crippen molar-refractivity contribution < 1.29 is 0 Å². The lowest BCUT2D eigenvalue weighted by Gasteiger charge is -2.10. The van der Waals surface area contributed by atoms with Crippen LogP contribution in [0, 0.1) is 0 Å². The van der Waals surface area contributed by atoms with Crippen molar-refractivity contribution >= 4 is 32.9 Å². The first-order valence-electron chi connectivity index (χ1n) is 5.94. The SMILES string of the molecule is C[C@@H](NCc1nc2ccccc2s1)c1cccs1. The van der Waals surface area contributed by atoms with E-state index in [-0.39, 0.29) is 0 Å². The Morgan fingerprint density at radius 3 is 2.89 bits per heavy atom. The van der Waals surface area contributed by atoms with E-state index >= 15 is 0 Å². The van der Waals surface area contributed by atoms with Crippen molar-refractivity contribution in [2.45, 2.75) is 19.5 Å². The standard InChI is InChI=1S/C14H14N2S2/c1-10(12-7-4-8-17-12)15-9-14-16-11-5-2-3-6-13(11)18-14/h2-8,10,15H,9H2,1H3/t10-/m1/s1. The molecule has 0 saturated heterocycles. The van der Waals surface area contributed by atoms with E-state index in [0.29, 0.717) is 6.04 Å². The molecule has 0 aliphatic heterocycles. The first-order chi connectivity index (χ1) is 8.83. The van der Waals surface area contributed by atoms with Gasteiger partial charge in [-0.3, -0.25) is 0 Å². The number of para-hydroxylation sites is 1. The number of rotatable bonds is 4. The number of nitrogens with one attached hydrogen (secondary N) is 1. The Kier molecular flexibility index (Phi) is 3.41. The number of thiophene rings is 1. The highest BCUT2D eigenvalue weighted by molar-refractivity contribution is 7.18. The van der Waals surface area contributed by atoms with Gasteiger partial charge in [0, 0.05) is 17.5 Å². The molecular weight excluding hydrogens is 260 g/mol. The molecular formula is C14H14N2S2. The van der Waals surface area contributed by atoms with E-state index in [1.165, 1.54) is 9.58 Å². The first kappa shape index (κ1) is 11.8. The quantitative estimate of drug-likeness (QED) is 0.771. The molecule has 0 amide bonds. The second kappa shape index (κ2) is 5.18. The lowest BCUT2D eigenvalue weighted by Crippen LogP contribution is -2.16. The van der Waals surface area contributed by atoms with Crippen molar-refractivity contribution in [3.63, 3.8) is 0 Å². The Morgan fingerprint density at radius 2 is 2.11 bits per heavy atom. The Morgan fingerprint density at radius 1 is 1.22 bits per heavy atom. The number of benzene rings is 1. The average molecular weight is 274 g/mol. The molecule has 0 aliphatic rings. The number of fused-ring (bicyclic) bond motifs is 1. The second-order valence-corrected chi connectivity index (χ2v) is 6.29. The van der Waals surface area contributed by atoms with Crippen molar-refractivity contribution in [2.24, 2.45) is 0 Å². The number of hydrogen-bond donors (Lipinski definition) is 1. The van der Waals surface area contributed by atoms with Gasteiger partial charge in [0.05, 0.1) is 10.2 Å². The summed E-state index contributed by atoms with van der Waals surface area (Å²) in [5.41, 5.74) is 1.10. The maximum absolute atomic E-state index is 4.63. The third kappa shape index (κ3) is 2.46. The van der Waals surface area contributed by atoms with Crippen LogP contribution in [0.5, 0.6) is 0 Å². The summed E-state index contributed by atoms with van der Waals surface area (Å²) in [5, 5.41) is 6.79. The monoisotopic (exact) mass is 274 g/mol. The molecule has 2 aromatic heterocycles. The van der Waals surface area contributed by atoms with E-state index in [1.54, 1.807) is 22.7 Å². The van der Waals surface area contributed by atoms with Gasteiger partial charge in [-0.25, -0.2) is 4.98 Å². The summed E-state index contributed by atoms with van der Waals surface area (Å²) in [7, 11) is 0. The molecule has 0 fully saturated rings. The van der Waals surface area contributed by atoms with E-state index in [1.807, 2.05) is 6.07 Å². The van der Waals surface area contributed by atoms with Crippen LogP contribution in [0.1, 0.15) is 22.9 Å². The summed E-state index contributed by atoms with van der Waals surface area (Å²) in [6, 6.07) is 12.9. The van der Waals surface area contributed by atoms with Gasteiger partial charge >= 0.3 is 0 Å². The fourth-order valence-electron chi connectivity index (χ4n) is 1.87. The highest BCUT2D eigenvalue weighted by Gasteiger charge is 2.07. The van der Waals surface area contributed by atoms with E-state index in [9.17, 15) is 0 Å². The first-order valence-corrected chi connectivity index (χ1v) is 7.64. The van der Waals surface area contributed by atoms with Gasteiger partial charge in [-0.15, -0.1) is 22.7 Å². The minimum Gasteiger partial charge on any atom is -0.303 e. The largest absolute Gasteiger partial charge is 0.303 e. The maximum atomic E-state index is 4.63. The molecule has 4 heteroatoms. The smallest absolute Gasteiger partial charge is 0.108 e. The lowest BCUT2D eigenvalue weighted by molar-refractivity contribution is 0.582. The zero-order valence-electron chi connectivity index (χ0n) is 10.1. The molecule has 3 rings (SSSR count). The molecule has 92 valence electrons. The van der Waals surface area contributed by atoms with E-state index in [2.05, 4.69) is 52.9 Å². The molecule has 2 heterocycles. The third-order valence-electron chi connectivity index (χ3n) is 2.87. The van der Waals surface area contributed by atoms with Crippen LogP contribution in [0.15, 0.2) is 41.8 Å². The number of aromatic nitrogens is 1. The topological polar surface area (TPSA) is 24.9 Å². The van der Waals surface area contributed by atoms with Crippen molar-refractivity contribution in [1.82, 2.24) is 10.3 Å². The summed E-state index contributed by atoms with van der Waals surface area (Å²) in [5.74, 6) is 0. The van der Waals surface area contributed by atoms with Crippen LogP contribution in [0.4, 0.5) is 0 Å². The van der Waals surface area contributed by atoms with Gasteiger partial charge in [-0.1, -0.05) is 18.2 Å². The summed E-state index contributed by atoms with van der Waals surface area (Å²) in [4.78, 5) is 6.00. The number of nitrogens with zero attached hydrogens (tertiary/aromatic N) is 1. The lowest BCUT2D eigenvalue weighted by atomic mass is 10.3. The van der Waals surface area contributed by atoms with Gasteiger partial charge in [-0.05, 0) is 30.5 Å². The molecule has 1 N–H and O–H groups in total. The van der Waals surface area contributed by atoms with Crippen LogP contribution in [-0.4, -0.2) is 4.98 Å². The zero-order chi connectivity index (χ0) is 12.4. The van der Waals surface area contributed by atoms with Crippen molar-refractivity contribution in [1.29, 1.82) is 0 Å². The number of hydrogen-bond acceptors (Lipinski definition) is 4. The normalized spacial score (nSPS) is 12.9. The molecule has 0 unspecified atom stereocenters. The van der Waals surface area contributed by atoms with Crippen LogP contribution >= 0.6 is 22.7 Å². The Labute approximate surface area is 114 Å². The summed E-state index contributed by atoms with van der Waals surface area (Å²) in [6.45, 7) is 3.03. The molecule has 18 heavy (non-hydrogen) atoms. The molecule has 0 saturated carbocycles. The Hall–Kier alpha value is -1.23. The van der Waals surface area contributed by atoms with Crippen molar-refractivity contribution in [2.75, 3.05) is 0 Å². The molecule has 0 spiro atoms. The van der Waals surface area contributed by atoms with Crippen LogP contribution < -0.4 is 5.32 Å². The minimum absolute atomic E-state index is 0.386. The van der Waals surface area contributed by atoms with Gasteiger partial charge in [0.25, 0.3) is 0 Å². The van der Waals surface area contributed by atoms with Crippen molar-refractivity contribution in [3.05, 3.63) is 51.7 Å². The zero-order valence-corrected chi connectivity index (χ0v) is 11.7. The molecule has 0 radical (unpaired) electrons. The highest BCUT2D eigenvalue weighted by Crippen LogP contribution is 2.23. The van der Waals surface area contributed by atoms with Gasteiger partial charge in [0.1, 0.15) is 5.01 Å². The highest BCUT2D eigenvalue weighted by atomic mass is 32.1. The van der Waals surface area contributed by atoms with Crippen LogP contribution in [0.3, 0.4) is 0 Å². The molecule has 3 aromatic rings. The van der Waals surface area contributed by atoms with Gasteiger partial charge in [-0.2, -0.15) is 0 Å². The summed E-state index contributed by atoms with van der Waals surface area (Å²) < 4.78 is 1.26. The van der Waals surface area contributed by atoms with E-state index < -0.39 is 0 Å². The van der Waals surface area contributed by atoms with E-state index in [0.717, 1.165) is 17.1 Å². The fraction of sp³-hybridized carbons (Fsp3) is 0.214. The average Bonchev–Trinajstić information content (AvgIpc) is 3.04. The molecule has 1 atom stereocenters. The van der Waals surface area contributed by atoms with Gasteiger partial charge in [0.15, 0.2) is 0 Å². The molecule has 2 nitrogen and oxygen atoms in total. The van der Waals surface area contributed by atoms with Gasteiger partial charge in [0.2, 0.25) is 0 Å². The molecule has 0 aliphatic carbocycles. The number of thiazole rings is 1. The predicted octanol–water partition coefficient (Wildman–Crippen LogP) is 4.21. The molecule has 1 aromatic carbocycles. The van der Waals surface area contributed by atoms with Crippen molar-refractivity contribution in [3.8, 4) is 0 Å². The van der Waals surface area contributed by atoms with Crippen LogP contribution in [0.2, 0.25) is 0 Å². The summed E-state index contributed by atoms with van der Waals surface area (Å²) >= 11 is 3.56. The van der Waals surface area contributed by atoms with Gasteiger partial charge < -0.3 is 5.32 Å². The molecule has 0 bridgehead atoms. The van der Waals surface area contributed by atoms with Crippen LogP contribution in [-0.2, 0) is 6.54 Å². The Bertz CT molecular complexity index is 595. The minimum atomic E-state index is 0.386.